The van der Waals surface area contributed by atoms with Crippen LogP contribution in [-0.2, 0) is 15.7 Å². The smallest absolute Gasteiger partial charge is 0.360 e. The third-order valence-electron chi connectivity index (χ3n) is 2.48. The number of ether oxygens (including phenoxy) is 1. The molecule has 0 amide bonds. The zero-order chi connectivity index (χ0) is 12.5. The molecule has 0 N–H and O–H groups in total. The number of alkyl halides is 3. The van der Waals surface area contributed by atoms with Crippen LogP contribution < -0.4 is 0 Å². The van der Waals surface area contributed by atoms with E-state index in [1.54, 1.807) is 0 Å². The molecule has 5 heteroatoms. The van der Waals surface area contributed by atoms with E-state index in [0.717, 1.165) is 6.07 Å². The number of epoxide rings is 1. The lowest BCUT2D eigenvalue weighted by Gasteiger charge is -2.10. The molecule has 2 rings (SSSR count). The molecule has 1 fully saturated rings. The number of carbonyl (C=O) groups is 1. The van der Waals surface area contributed by atoms with E-state index in [9.17, 15) is 18.0 Å². The minimum atomic E-state index is -4.39. The van der Waals surface area contributed by atoms with Gasteiger partial charge in [0.05, 0.1) is 5.56 Å². The summed E-state index contributed by atoms with van der Waals surface area (Å²) in [6.45, 7) is 0. The maximum Gasteiger partial charge on any atom is 0.416 e. The van der Waals surface area contributed by atoms with Gasteiger partial charge in [-0.2, -0.15) is 13.2 Å². The van der Waals surface area contributed by atoms with E-state index in [-0.39, 0.29) is 5.56 Å². The second-order valence-electron chi connectivity index (χ2n) is 3.63. The topological polar surface area (TPSA) is 29.6 Å². The third-order valence-corrected chi connectivity index (χ3v) is 2.48. The van der Waals surface area contributed by atoms with Crippen LogP contribution >= 0.6 is 0 Å². The first-order valence-electron chi connectivity index (χ1n) is 4.97. The molecule has 1 aromatic carbocycles. The van der Waals surface area contributed by atoms with Gasteiger partial charge in [0.15, 0.2) is 0 Å². The van der Waals surface area contributed by atoms with Gasteiger partial charge in [-0.1, -0.05) is 18.2 Å². The molecule has 0 aromatic heterocycles. The van der Waals surface area contributed by atoms with Crippen LogP contribution in [0.15, 0.2) is 36.4 Å². The minimum Gasteiger partial charge on any atom is -0.360 e. The van der Waals surface area contributed by atoms with Gasteiger partial charge in [0.2, 0.25) is 0 Å². The van der Waals surface area contributed by atoms with E-state index in [2.05, 4.69) is 0 Å². The van der Waals surface area contributed by atoms with E-state index in [1.165, 1.54) is 30.4 Å². The van der Waals surface area contributed by atoms with E-state index in [4.69, 9.17) is 4.74 Å². The van der Waals surface area contributed by atoms with Gasteiger partial charge >= 0.3 is 6.18 Å². The number of carbonyl (C=O) groups excluding carboxylic acids is 1. The Morgan fingerprint density at radius 2 is 1.94 bits per heavy atom. The standard InChI is InChI=1S/C12H9F3O2/c13-12(14,15)9-5-2-1-4-8(9)11-10(17-11)6-3-7-16/h1-7,10-11H/t10-,11-/m1/s1. The molecule has 1 heterocycles. The molecule has 0 radical (unpaired) electrons. The van der Waals surface area contributed by atoms with Crippen molar-refractivity contribution in [3.8, 4) is 0 Å². The monoisotopic (exact) mass is 242 g/mol. The van der Waals surface area contributed by atoms with Crippen LogP contribution in [0.5, 0.6) is 0 Å². The molecule has 1 aromatic rings. The van der Waals surface area contributed by atoms with Crippen molar-refractivity contribution in [2.24, 2.45) is 0 Å². The van der Waals surface area contributed by atoms with Gasteiger partial charge in [-0.25, -0.2) is 0 Å². The maximum absolute atomic E-state index is 12.7. The SMILES string of the molecule is O=CC=C[C@H]1O[C@@H]1c1ccccc1C(F)(F)F. The second kappa shape index (κ2) is 4.33. The summed E-state index contributed by atoms with van der Waals surface area (Å²) in [6, 6.07) is 5.29. The summed E-state index contributed by atoms with van der Waals surface area (Å²) < 4.78 is 43.2. The summed E-state index contributed by atoms with van der Waals surface area (Å²) in [5.74, 6) is 0. The first-order valence-corrected chi connectivity index (χ1v) is 4.97. The van der Waals surface area contributed by atoms with Crippen molar-refractivity contribution in [3.63, 3.8) is 0 Å². The van der Waals surface area contributed by atoms with Gasteiger partial charge in [0.25, 0.3) is 0 Å². The number of aldehydes is 1. The molecule has 0 aliphatic carbocycles. The molecule has 1 aliphatic heterocycles. The molecule has 0 bridgehead atoms. The Bertz CT molecular complexity index is 451. The summed E-state index contributed by atoms with van der Waals surface area (Å²) in [7, 11) is 0. The van der Waals surface area contributed by atoms with Crippen LogP contribution in [0.4, 0.5) is 13.2 Å². The highest BCUT2D eigenvalue weighted by Gasteiger charge is 2.44. The van der Waals surface area contributed by atoms with E-state index < -0.39 is 23.9 Å². The van der Waals surface area contributed by atoms with Crippen LogP contribution in [0, 0.1) is 0 Å². The summed E-state index contributed by atoms with van der Waals surface area (Å²) >= 11 is 0. The number of benzene rings is 1. The van der Waals surface area contributed by atoms with Crippen molar-refractivity contribution in [2.45, 2.75) is 18.4 Å². The van der Waals surface area contributed by atoms with Crippen LogP contribution in [0.2, 0.25) is 0 Å². The predicted octanol–water partition coefficient (Wildman–Crippen LogP) is 2.90. The van der Waals surface area contributed by atoms with E-state index >= 15 is 0 Å². The van der Waals surface area contributed by atoms with Crippen molar-refractivity contribution < 1.29 is 22.7 Å². The molecule has 0 unspecified atom stereocenters. The predicted molar refractivity (Wildman–Crippen MR) is 54.3 cm³/mol. The largest absolute Gasteiger partial charge is 0.416 e. The molecule has 0 saturated carbocycles. The number of hydrogen-bond donors (Lipinski definition) is 0. The summed E-state index contributed by atoms with van der Waals surface area (Å²) in [4.78, 5) is 10.1. The lowest BCUT2D eigenvalue weighted by atomic mass is 10.0. The van der Waals surface area contributed by atoms with Gasteiger partial charge in [-0.05, 0) is 23.8 Å². The summed E-state index contributed by atoms with van der Waals surface area (Å²) in [5, 5.41) is 0. The van der Waals surface area contributed by atoms with Gasteiger partial charge in [-0.3, -0.25) is 4.79 Å². The number of rotatable bonds is 3. The Morgan fingerprint density at radius 1 is 1.24 bits per heavy atom. The lowest BCUT2D eigenvalue weighted by Crippen LogP contribution is -2.08. The van der Waals surface area contributed by atoms with Crippen LogP contribution in [0.3, 0.4) is 0 Å². The Kier molecular flexibility index (Phi) is 3.02. The molecular formula is C12H9F3O2. The average molecular weight is 242 g/mol. The molecule has 90 valence electrons. The molecule has 1 saturated heterocycles. The third kappa shape index (κ3) is 2.55. The number of allylic oxidation sites excluding steroid dienone is 1. The summed E-state index contributed by atoms with van der Waals surface area (Å²) in [6.07, 6.45) is -2.20. The lowest BCUT2D eigenvalue weighted by molar-refractivity contribution is -0.138. The fourth-order valence-corrected chi connectivity index (χ4v) is 1.68. The normalized spacial score (nSPS) is 23.9. The zero-order valence-electron chi connectivity index (χ0n) is 8.65. The van der Waals surface area contributed by atoms with Crippen molar-refractivity contribution in [2.75, 3.05) is 0 Å². The van der Waals surface area contributed by atoms with Crippen molar-refractivity contribution in [1.82, 2.24) is 0 Å². The highest BCUT2D eigenvalue weighted by atomic mass is 19.4. The Morgan fingerprint density at radius 3 is 2.59 bits per heavy atom. The van der Waals surface area contributed by atoms with Gasteiger partial charge in [-0.15, -0.1) is 0 Å². The second-order valence-corrected chi connectivity index (χ2v) is 3.63. The number of halogens is 3. The fourth-order valence-electron chi connectivity index (χ4n) is 1.68. The van der Waals surface area contributed by atoms with Gasteiger partial charge < -0.3 is 4.74 Å². The first kappa shape index (κ1) is 11.9. The first-order chi connectivity index (χ1) is 8.04. The highest BCUT2D eigenvalue weighted by Crippen LogP contribution is 2.45. The van der Waals surface area contributed by atoms with Crippen molar-refractivity contribution >= 4 is 6.29 Å². The molecule has 2 nitrogen and oxygen atoms in total. The van der Waals surface area contributed by atoms with Crippen LogP contribution in [0.25, 0.3) is 0 Å². The Balaban J connectivity index is 2.23. The molecule has 17 heavy (non-hydrogen) atoms. The maximum atomic E-state index is 12.7. The van der Waals surface area contributed by atoms with E-state index in [0.29, 0.717) is 6.29 Å². The average Bonchev–Trinajstić information content (AvgIpc) is 3.04. The van der Waals surface area contributed by atoms with Gasteiger partial charge in [0.1, 0.15) is 18.5 Å². The molecule has 2 atom stereocenters. The van der Waals surface area contributed by atoms with Crippen LogP contribution in [0.1, 0.15) is 17.2 Å². The molecule has 1 aliphatic rings. The van der Waals surface area contributed by atoms with Crippen molar-refractivity contribution in [3.05, 3.63) is 47.5 Å². The van der Waals surface area contributed by atoms with Crippen molar-refractivity contribution in [1.29, 1.82) is 0 Å². The minimum absolute atomic E-state index is 0.112. The van der Waals surface area contributed by atoms with Gasteiger partial charge in [0, 0.05) is 0 Å². The van der Waals surface area contributed by atoms with E-state index in [1.807, 2.05) is 0 Å². The quantitative estimate of drug-likeness (QED) is 0.463. The fraction of sp³-hybridized carbons (Fsp3) is 0.250. The Hall–Kier alpha value is -1.62. The summed E-state index contributed by atoms with van der Waals surface area (Å²) in [5.41, 5.74) is -0.576. The molecule has 0 spiro atoms. The highest BCUT2D eigenvalue weighted by molar-refractivity contribution is 5.65. The zero-order valence-corrected chi connectivity index (χ0v) is 8.65. The van der Waals surface area contributed by atoms with Crippen LogP contribution in [-0.4, -0.2) is 12.4 Å². The Labute approximate surface area is 95.7 Å². The number of hydrogen-bond acceptors (Lipinski definition) is 2. The molecular weight excluding hydrogens is 233 g/mol.